The third-order valence-electron chi connectivity index (χ3n) is 4.28. The van der Waals surface area contributed by atoms with Crippen molar-refractivity contribution in [2.24, 2.45) is 11.8 Å². The smallest absolute Gasteiger partial charge is 0.317 e. The van der Waals surface area contributed by atoms with Crippen LogP contribution in [0.25, 0.3) is 0 Å². The summed E-state index contributed by atoms with van der Waals surface area (Å²) in [6.45, 7) is 2.10. The highest BCUT2D eigenvalue weighted by Crippen LogP contribution is 2.21. The van der Waals surface area contributed by atoms with Crippen molar-refractivity contribution in [2.75, 3.05) is 19.6 Å². The van der Waals surface area contributed by atoms with Crippen molar-refractivity contribution in [1.82, 2.24) is 10.2 Å². The second kappa shape index (κ2) is 7.31. The van der Waals surface area contributed by atoms with Crippen LogP contribution in [0.3, 0.4) is 0 Å². The zero-order chi connectivity index (χ0) is 14.4. The molecule has 5 heteroatoms. The molecule has 2 amide bonds. The molecule has 0 aromatic carbocycles. The van der Waals surface area contributed by atoms with E-state index in [9.17, 15) is 9.59 Å². The highest BCUT2D eigenvalue weighted by atomic mass is 16.4. The molecule has 1 atom stereocenters. The van der Waals surface area contributed by atoms with E-state index in [1.165, 1.54) is 0 Å². The van der Waals surface area contributed by atoms with Gasteiger partial charge in [-0.1, -0.05) is 12.2 Å². The predicted octanol–water partition coefficient (Wildman–Crippen LogP) is 2.24. The van der Waals surface area contributed by atoms with Gasteiger partial charge in [-0.3, -0.25) is 4.79 Å². The molecule has 1 aliphatic carbocycles. The lowest BCUT2D eigenvalue weighted by atomic mass is 9.93. The number of carbonyl (C=O) groups excluding carboxylic acids is 1. The fourth-order valence-corrected chi connectivity index (χ4v) is 2.97. The molecule has 0 saturated carbocycles. The van der Waals surface area contributed by atoms with Crippen LogP contribution in [0.2, 0.25) is 0 Å². The number of likely N-dealkylation sites (tertiary alicyclic amines) is 1. The zero-order valence-corrected chi connectivity index (χ0v) is 11.9. The molecule has 0 spiro atoms. The molecule has 20 heavy (non-hydrogen) atoms. The van der Waals surface area contributed by atoms with Gasteiger partial charge in [0.05, 0.1) is 0 Å². The first-order chi connectivity index (χ1) is 9.65. The maximum absolute atomic E-state index is 12.1. The number of urea groups is 1. The minimum absolute atomic E-state index is 0.00771. The van der Waals surface area contributed by atoms with E-state index >= 15 is 0 Å². The summed E-state index contributed by atoms with van der Waals surface area (Å²) in [5.41, 5.74) is 0. The Kier molecular flexibility index (Phi) is 5.44. The number of carboxylic acids is 1. The molecule has 2 N–H and O–H groups in total. The van der Waals surface area contributed by atoms with Crippen molar-refractivity contribution in [1.29, 1.82) is 0 Å². The van der Waals surface area contributed by atoms with Gasteiger partial charge in [0.1, 0.15) is 0 Å². The van der Waals surface area contributed by atoms with Crippen LogP contribution in [0.4, 0.5) is 4.79 Å². The van der Waals surface area contributed by atoms with Crippen LogP contribution < -0.4 is 5.32 Å². The molecule has 0 aromatic heterocycles. The standard InChI is InChI=1S/C15H24N2O3/c18-14(19)10-12-6-8-17(9-7-12)15(20)16-11-13-4-2-1-3-5-13/h1-2,12-13H,3-11H2,(H,16,20)(H,18,19). The van der Waals surface area contributed by atoms with Crippen molar-refractivity contribution >= 4 is 12.0 Å². The summed E-state index contributed by atoms with van der Waals surface area (Å²) in [6.07, 6.45) is 9.53. The summed E-state index contributed by atoms with van der Waals surface area (Å²) in [6, 6.07) is 0.00771. The monoisotopic (exact) mass is 280 g/mol. The lowest BCUT2D eigenvalue weighted by Crippen LogP contribution is -2.45. The molecule has 1 aliphatic heterocycles. The van der Waals surface area contributed by atoms with Crippen molar-refractivity contribution in [3.8, 4) is 0 Å². The van der Waals surface area contributed by atoms with Crippen molar-refractivity contribution in [2.45, 2.75) is 38.5 Å². The van der Waals surface area contributed by atoms with Gasteiger partial charge in [-0.05, 0) is 43.9 Å². The van der Waals surface area contributed by atoms with E-state index in [1.807, 2.05) is 4.90 Å². The molecule has 1 fully saturated rings. The Morgan fingerprint density at radius 3 is 2.50 bits per heavy atom. The summed E-state index contributed by atoms with van der Waals surface area (Å²) in [7, 11) is 0. The number of amides is 2. The molecule has 2 aliphatic rings. The molecule has 1 heterocycles. The molecule has 1 saturated heterocycles. The van der Waals surface area contributed by atoms with E-state index in [2.05, 4.69) is 17.5 Å². The molecule has 5 nitrogen and oxygen atoms in total. The molecule has 1 unspecified atom stereocenters. The maximum Gasteiger partial charge on any atom is 0.317 e. The third kappa shape index (κ3) is 4.54. The van der Waals surface area contributed by atoms with Crippen LogP contribution in [0.5, 0.6) is 0 Å². The first-order valence-electron chi connectivity index (χ1n) is 7.54. The molecule has 0 bridgehead atoms. The Balaban J connectivity index is 1.66. The van der Waals surface area contributed by atoms with Gasteiger partial charge in [0.25, 0.3) is 0 Å². The second-order valence-corrected chi connectivity index (χ2v) is 5.86. The molecule has 112 valence electrons. The Hall–Kier alpha value is -1.52. The first-order valence-corrected chi connectivity index (χ1v) is 7.54. The van der Waals surface area contributed by atoms with Crippen LogP contribution in [-0.4, -0.2) is 41.6 Å². The SMILES string of the molecule is O=C(O)CC1CCN(C(=O)NCC2CC=CCC2)CC1. The second-order valence-electron chi connectivity index (χ2n) is 5.86. The number of hydrogen-bond donors (Lipinski definition) is 2. The van der Waals surface area contributed by atoms with Crippen molar-refractivity contribution in [3.05, 3.63) is 12.2 Å². The van der Waals surface area contributed by atoms with Crippen LogP contribution in [0.1, 0.15) is 38.5 Å². The summed E-state index contributed by atoms with van der Waals surface area (Å²) in [5.74, 6) is 0.0479. The minimum atomic E-state index is -0.738. The highest BCUT2D eigenvalue weighted by Gasteiger charge is 2.24. The van der Waals surface area contributed by atoms with E-state index in [4.69, 9.17) is 5.11 Å². The Morgan fingerprint density at radius 1 is 1.15 bits per heavy atom. The van der Waals surface area contributed by atoms with Gasteiger partial charge < -0.3 is 15.3 Å². The number of carboxylic acid groups (broad SMARTS) is 1. The molecular weight excluding hydrogens is 256 g/mol. The fraction of sp³-hybridized carbons (Fsp3) is 0.733. The Morgan fingerprint density at radius 2 is 1.90 bits per heavy atom. The van der Waals surface area contributed by atoms with Crippen molar-refractivity contribution in [3.63, 3.8) is 0 Å². The number of piperidine rings is 1. The van der Waals surface area contributed by atoms with Gasteiger partial charge in [0.2, 0.25) is 0 Å². The number of nitrogens with zero attached hydrogens (tertiary/aromatic N) is 1. The normalized spacial score (nSPS) is 23.6. The van der Waals surface area contributed by atoms with Gasteiger partial charge in [-0.25, -0.2) is 4.79 Å². The molecular formula is C15H24N2O3. The fourth-order valence-electron chi connectivity index (χ4n) is 2.97. The van der Waals surface area contributed by atoms with Crippen LogP contribution >= 0.6 is 0 Å². The van der Waals surface area contributed by atoms with Crippen molar-refractivity contribution < 1.29 is 14.7 Å². The van der Waals surface area contributed by atoms with Gasteiger partial charge in [0, 0.05) is 26.1 Å². The molecule has 2 rings (SSSR count). The largest absolute Gasteiger partial charge is 0.481 e. The number of hydrogen-bond acceptors (Lipinski definition) is 2. The lowest BCUT2D eigenvalue weighted by Gasteiger charge is -2.32. The number of nitrogens with one attached hydrogen (secondary N) is 1. The van der Waals surface area contributed by atoms with Gasteiger partial charge in [-0.2, -0.15) is 0 Å². The van der Waals surface area contributed by atoms with E-state index in [0.29, 0.717) is 19.0 Å². The average molecular weight is 280 g/mol. The first kappa shape index (κ1) is 14.9. The predicted molar refractivity (Wildman–Crippen MR) is 76.4 cm³/mol. The summed E-state index contributed by atoms with van der Waals surface area (Å²) < 4.78 is 0. The average Bonchev–Trinajstić information content (AvgIpc) is 2.46. The van der Waals surface area contributed by atoms with Crippen LogP contribution in [-0.2, 0) is 4.79 Å². The summed E-state index contributed by atoms with van der Waals surface area (Å²) in [5, 5.41) is 11.8. The number of rotatable bonds is 4. The zero-order valence-electron chi connectivity index (χ0n) is 11.9. The maximum atomic E-state index is 12.1. The van der Waals surface area contributed by atoms with E-state index in [-0.39, 0.29) is 18.4 Å². The van der Waals surface area contributed by atoms with E-state index in [0.717, 1.165) is 38.6 Å². The summed E-state index contributed by atoms with van der Waals surface area (Å²) >= 11 is 0. The number of allylic oxidation sites excluding steroid dienone is 2. The van der Waals surface area contributed by atoms with Crippen LogP contribution in [0.15, 0.2) is 12.2 Å². The molecule has 0 aromatic rings. The van der Waals surface area contributed by atoms with Gasteiger partial charge in [0.15, 0.2) is 0 Å². The van der Waals surface area contributed by atoms with E-state index in [1.54, 1.807) is 0 Å². The number of aliphatic carboxylic acids is 1. The van der Waals surface area contributed by atoms with Crippen LogP contribution in [0, 0.1) is 11.8 Å². The number of carbonyl (C=O) groups is 2. The van der Waals surface area contributed by atoms with Gasteiger partial charge in [-0.15, -0.1) is 0 Å². The molecule has 0 radical (unpaired) electrons. The minimum Gasteiger partial charge on any atom is -0.481 e. The van der Waals surface area contributed by atoms with Gasteiger partial charge >= 0.3 is 12.0 Å². The Labute approximate surface area is 120 Å². The highest BCUT2D eigenvalue weighted by molar-refractivity contribution is 5.74. The lowest BCUT2D eigenvalue weighted by molar-refractivity contribution is -0.138. The van der Waals surface area contributed by atoms with E-state index < -0.39 is 5.97 Å². The quantitative estimate of drug-likeness (QED) is 0.776. The third-order valence-corrected chi connectivity index (χ3v) is 4.28. The Bertz CT molecular complexity index is 373. The summed E-state index contributed by atoms with van der Waals surface area (Å²) in [4.78, 5) is 24.5. The topological polar surface area (TPSA) is 69.6 Å².